The van der Waals surface area contributed by atoms with Gasteiger partial charge in [-0.25, -0.2) is 8.42 Å². The highest BCUT2D eigenvalue weighted by Crippen LogP contribution is 2.38. The average molecular weight is 408 g/mol. The minimum atomic E-state index is -3.58. The quantitative estimate of drug-likeness (QED) is 0.715. The Bertz CT molecular complexity index is 828. The third kappa shape index (κ3) is 3.87. The summed E-state index contributed by atoms with van der Waals surface area (Å²) in [4.78, 5) is 1.30. The third-order valence-electron chi connectivity index (χ3n) is 5.97. The van der Waals surface area contributed by atoms with Crippen molar-refractivity contribution in [1.82, 2.24) is 14.1 Å². The van der Waals surface area contributed by atoms with E-state index < -0.39 is 10.0 Å². The molecule has 2 aromatic rings. The molecule has 5 nitrogen and oxygen atoms in total. The van der Waals surface area contributed by atoms with Crippen LogP contribution in [0.15, 0.2) is 28.6 Å². The minimum absolute atomic E-state index is 0.142. The van der Waals surface area contributed by atoms with Crippen molar-refractivity contribution in [1.29, 1.82) is 0 Å². The van der Waals surface area contributed by atoms with E-state index in [9.17, 15) is 8.42 Å². The molecule has 0 amide bonds. The largest absolute Gasteiger partial charge is 0.274 e. The molecule has 0 aromatic carbocycles. The predicted octanol–water partition coefficient (Wildman–Crippen LogP) is 4.80. The molecule has 2 aliphatic rings. The van der Waals surface area contributed by atoms with Gasteiger partial charge in [0.25, 0.3) is 0 Å². The Morgan fingerprint density at radius 1 is 1.04 bits per heavy atom. The predicted molar refractivity (Wildman–Crippen MR) is 109 cm³/mol. The van der Waals surface area contributed by atoms with Crippen molar-refractivity contribution < 1.29 is 8.42 Å². The highest BCUT2D eigenvalue weighted by molar-refractivity contribution is 7.89. The summed E-state index contributed by atoms with van der Waals surface area (Å²) in [5, 5.41) is 6.49. The second kappa shape index (κ2) is 8.05. The summed E-state index contributed by atoms with van der Waals surface area (Å²) in [5.41, 5.74) is 0.601. The van der Waals surface area contributed by atoms with Gasteiger partial charge in [0.05, 0.1) is 4.88 Å². The zero-order chi connectivity index (χ0) is 18.9. The third-order valence-corrected chi connectivity index (χ3v) is 8.86. The summed E-state index contributed by atoms with van der Waals surface area (Å²) >= 11 is 1.54. The minimum Gasteiger partial charge on any atom is -0.274 e. The van der Waals surface area contributed by atoms with E-state index in [1.165, 1.54) is 12.8 Å². The van der Waals surface area contributed by atoms with Crippen LogP contribution in [0.3, 0.4) is 0 Å². The van der Waals surface area contributed by atoms with Crippen LogP contribution in [-0.4, -0.2) is 34.6 Å². The van der Waals surface area contributed by atoms with E-state index in [-0.39, 0.29) is 12.1 Å². The van der Waals surface area contributed by atoms with Crippen LogP contribution in [0.25, 0.3) is 10.6 Å². The van der Waals surface area contributed by atoms with Crippen molar-refractivity contribution in [2.24, 2.45) is 7.05 Å². The zero-order valence-electron chi connectivity index (χ0n) is 16.0. The summed E-state index contributed by atoms with van der Waals surface area (Å²) in [6.45, 7) is 0. The van der Waals surface area contributed by atoms with E-state index in [0.717, 1.165) is 56.2 Å². The Hall–Kier alpha value is -1.18. The number of nitrogens with zero attached hydrogens (tertiary/aromatic N) is 3. The maximum absolute atomic E-state index is 13.9. The lowest BCUT2D eigenvalue weighted by molar-refractivity contribution is 0.170. The molecule has 2 aromatic heterocycles. The molecule has 0 unspecified atom stereocenters. The number of sulfonamides is 1. The van der Waals surface area contributed by atoms with Gasteiger partial charge in [0.1, 0.15) is 10.6 Å². The van der Waals surface area contributed by atoms with Crippen LogP contribution in [0.5, 0.6) is 0 Å². The van der Waals surface area contributed by atoms with Crippen LogP contribution in [0.2, 0.25) is 0 Å². The fourth-order valence-corrected chi connectivity index (χ4v) is 7.62. The molecular formula is C20H29N3O2S2. The van der Waals surface area contributed by atoms with E-state index in [1.54, 1.807) is 22.2 Å². The lowest BCUT2D eigenvalue weighted by Gasteiger charge is -2.40. The molecule has 0 saturated heterocycles. The second-order valence-corrected chi connectivity index (χ2v) is 10.7. The van der Waals surface area contributed by atoms with Gasteiger partial charge < -0.3 is 0 Å². The molecule has 2 saturated carbocycles. The van der Waals surface area contributed by atoms with Gasteiger partial charge in [-0.2, -0.15) is 9.40 Å². The summed E-state index contributed by atoms with van der Waals surface area (Å²) < 4.78 is 31.4. The van der Waals surface area contributed by atoms with Crippen molar-refractivity contribution in [3.05, 3.63) is 23.7 Å². The molecule has 0 spiro atoms. The summed E-state index contributed by atoms with van der Waals surface area (Å²) in [5.74, 6) is 0. The van der Waals surface area contributed by atoms with Crippen LogP contribution < -0.4 is 0 Å². The van der Waals surface area contributed by atoms with Crippen LogP contribution in [0, 0.1) is 0 Å². The first-order valence-electron chi connectivity index (χ1n) is 10.2. The van der Waals surface area contributed by atoms with Crippen molar-refractivity contribution >= 4 is 21.4 Å². The number of aryl methyl sites for hydroxylation is 1. The molecule has 0 bridgehead atoms. The Morgan fingerprint density at radius 3 is 2.15 bits per heavy atom. The molecule has 0 aliphatic heterocycles. The van der Waals surface area contributed by atoms with Gasteiger partial charge in [-0.05, 0) is 37.1 Å². The number of hydrogen-bond donors (Lipinski definition) is 0. The maximum Gasteiger partial charge on any atom is 0.247 e. The normalized spacial score (nSPS) is 20.4. The van der Waals surface area contributed by atoms with Gasteiger partial charge in [0.15, 0.2) is 0 Å². The molecule has 4 rings (SSSR count). The summed E-state index contributed by atoms with van der Waals surface area (Å²) in [6.07, 6.45) is 12.6. The fraction of sp³-hybridized carbons (Fsp3) is 0.650. The number of aromatic nitrogens is 2. The molecule has 0 atom stereocenters. The van der Waals surface area contributed by atoms with Crippen LogP contribution in [0.4, 0.5) is 0 Å². The average Bonchev–Trinajstić information content (AvgIpc) is 3.33. The number of hydrogen-bond acceptors (Lipinski definition) is 4. The highest BCUT2D eigenvalue weighted by atomic mass is 32.2. The zero-order valence-corrected chi connectivity index (χ0v) is 17.6. The Morgan fingerprint density at radius 2 is 1.63 bits per heavy atom. The van der Waals surface area contributed by atoms with Crippen molar-refractivity contribution in [2.45, 2.75) is 81.2 Å². The molecule has 0 radical (unpaired) electrons. The van der Waals surface area contributed by atoms with Gasteiger partial charge in [-0.15, -0.1) is 11.3 Å². The van der Waals surface area contributed by atoms with Crippen LogP contribution in [0.1, 0.15) is 64.2 Å². The molecule has 27 heavy (non-hydrogen) atoms. The number of rotatable bonds is 5. The van der Waals surface area contributed by atoms with Gasteiger partial charge in [-0.1, -0.05) is 44.6 Å². The first kappa shape index (κ1) is 19.2. The van der Waals surface area contributed by atoms with Gasteiger partial charge in [0.2, 0.25) is 10.0 Å². The smallest absolute Gasteiger partial charge is 0.247 e. The lowest BCUT2D eigenvalue weighted by atomic mass is 9.91. The van der Waals surface area contributed by atoms with E-state index in [2.05, 4.69) is 5.10 Å². The highest BCUT2D eigenvalue weighted by Gasteiger charge is 2.40. The molecule has 2 heterocycles. The monoisotopic (exact) mass is 407 g/mol. The van der Waals surface area contributed by atoms with Gasteiger partial charge in [-0.3, -0.25) is 4.68 Å². The van der Waals surface area contributed by atoms with Crippen LogP contribution in [-0.2, 0) is 17.1 Å². The molecular weight excluding hydrogens is 378 g/mol. The standard InChI is InChI=1S/C20H29N3O2S2/c1-22-15-19(20(21-22)18-13-8-14-26-18)27(24,25)23(16-9-4-2-5-10-16)17-11-6-3-7-12-17/h8,13-17H,2-7,9-12H2,1H3. The number of thiophene rings is 1. The molecule has 0 N–H and O–H groups in total. The van der Waals surface area contributed by atoms with Crippen molar-refractivity contribution in [3.63, 3.8) is 0 Å². The first-order chi connectivity index (χ1) is 13.1. The topological polar surface area (TPSA) is 55.2 Å². The van der Waals surface area contributed by atoms with E-state index in [0.29, 0.717) is 10.6 Å². The van der Waals surface area contributed by atoms with Gasteiger partial charge in [0, 0.05) is 25.3 Å². The molecule has 2 fully saturated rings. The Kier molecular flexibility index (Phi) is 5.71. The second-order valence-electron chi connectivity index (χ2n) is 7.91. The molecule has 2 aliphatic carbocycles. The molecule has 148 valence electrons. The summed E-state index contributed by atoms with van der Waals surface area (Å²) in [6, 6.07) is 4.19. The fourth-order valence-electron chi connectivity index (χ4n) is 4.71. The Labute approximate surface area is 166 Å². The van der Waals surface area contributed by atoms with Gasteiger partial charge >= 0.3 is 0 Å². The molecule has 7 heteroatoms. The maximum atomic E-state index is 13.9. The lowest BCUT2D eigenvalue weighted by Crippen LogP contribution is -2.48. The van der Waals surface area contributed by atoms with E-state index in [1.807, 2.05) is 28.9 Å². The van der Waals surface area contributed by atoms with E-state index >= 15 is 0 Å². The van der Waals surface area contributed by atoms with Crippen LogP contribution >= 0.6 is 11.3 Å². The summed E-state index contributed by atoms with van der Waals surface area (Å²) in [7, 11) is -1.77. The first-order valence-corrected chi connectivity index (χ1v) is 12.5. The van der Waals surface area contributed by atoms with E-state index in [4.69, 9.17) is 0 Å². The Balaban J connectivity index is 1.76. The SMILES string of the molecule is Cn1cc(S(=O)(=O)N(C2CCCCC2)C2CCCCC2)c(-c2cccs2)n1. The van der Waals surface area contributed by atoms with Crippen molar-refractivity contribution in [2.75, 3.05) is 0 Å². The van der Waals surface area contributed by atoms with Crippen molar-refractivity contribution in [3.8, 4) is 10.6 Å².